The molecule has 0 fully saturated rings. The van der Waals surface area contributed by atoms with Crippen molar-refractivity contribution in [3.63, 3.8) is 0 Å². The van der Waals surface area contributed by atoms with Gasteiger partial charge >= 0.3 is 0 Å². The number of hydrogen-bond donors (Lipinski definition) is 0. The van der Waals surface area contributed by atoms with Crippen molar-refractivity contribution in [1.82, 2.24) is 0 Å². The van der Waals surface area contributed by atoms with Gasteiger partial charge in [-0.15, -0.1) is 11.6 Å². The molecular weight excluding hydrogens is 389 g/mol. The minimum absolute atomic E-state index is 0.0676. The molecule has 0 unspecified atom stereocenters. The van der Waals surface area contributed by atoms with Gasteiger partial charge < -0.3 is 4.74 Å². The lowest BCUT2D eigenvalue weighted by molar-refractivity contribution is -0.125. The number of ether oxygens (including phenoxy) is 1. The highest BCUT2D eigenvalue weighted by molar-refractivity contribution is 14.1. The molecule has 0 radical (unpaired) electrons. The Morgan fingerprint density at radius 3 is 2.06 bits per heavy atom. The van der Waals surface area contributed by atoms with E-state index in [9.17, 15) is 9.59 Å². The Bertz CT molecular complexity index is 339. The molecule has 1 aliphatic carbocycles. The third kappa shape index (κ3) is 2.41. The van der Waals surface area contributed by atoms with E-state index in [-0.39, 0.29) is 22.6 Å². The number of carbonyl (C=O) groups is 2. The van der Waals surface area contributed by atoms with Crippen LogP contribution in [0.4, 0.5) is 0 Å². The molecule has 16 heavy (non-hydrogen) atoms. The lowest BCUT2D eigenvalue weighted by Crippen LogP contribution is -2.40. The molecule has 0 N–H and O–H groups in total. The number of hydrogen-bond acceptors (Lipinski definition) is 3. The number of halogens is 4. The maximum Gasteiger partial charge on any atom is 0.204 e. The molecule has 0 saturated carbocycles. The van der Waals surface area contributed by atoms with Crippen molar-refractivity contribution in [2.75, 3.05) is 11.5 Å². The van der Waals surface area contributed by atoms with E-state index in [1.807, 2.05) is 0 Å². The van der Waals surface area contributed by atoms with Crippen molar-refractivity contribution < 1.29 is 14.3 Å². The van der Waals surface area contributed by atoms with E-state index >= 15 is 0 Å². The van der Waals surface area contributed by atoms with Gasteiger partial charge in [0.1, 0.15) is 10.1 Å². The molecule has 0 aromatic rings. The van der Waals surface area contributed by atoms with Gasteiger partial charge in [0.05, 0.1) is 6.10 Å². The van der Waals surface area contributed by atoms with Crippen molar-refractivity contribution in [3.05, 3.63) is 10.1 Å². The molecule has 0 aliphatic heterocycles. The maximum atomic E-state index is 11.7. The lowest BCUT2D eigenvalue weighted by Gasteiger charge is -2.22. The van der Waals surface area contributed by atoms with Gasteiger partial charge in [-0.05, 0) is 0 Å². The zero-order chi connectivity index (χ0) is 12.5. The number of carbonyl (C=O) groups excluding carboxylic acids is 2. The van der Waals surface area contributed by atoms with Crippen LogP contribution in [0.25, 0.3) is 0 Å². The highest BCUT2D eigenvalue weighted by Crippen LogP contribution is 2.41. The Morgan fingerprint density at radius 1 is 1.31 bits per heavy atom. The first-order valence-corrected chi connectivity index (χ1v) is 6.97. The minimum atomic E-state index is -1.69. The van der Waals surface area contributed by atoms with Crippen LogP contribution in [-0.2, 0) is 14.3 Å². The fourth-order valence-corrected chi connectivity index (χ4v) is 2.97. The molecule has 0 spiro atoms. The molecule has 0 heterocycles. The Kier molecular flexibility index (Phi) is 5.07. The predicted molar refractivity (Wildman–Crippen MR) is 71.6 cm³/mol. The summed E-state index contributed by atoms with van der Waals surface area (Å²) in [6.45, 7) is 0. The minimum Gasteiger partial charge on any atom is -0.381 e. The van der Waals surface area contributed by atoms with Crippen LogP contribution >= 0.6 is 57.4 Å². The second-order valence-corrected chi connectivity index (χ2v) is 5.59. The molecular formula is C9H8Cl3IO3. The van der Waals surface area contributed by atoms with Crippen LogP contribution in [-0.4, -0.2) is 34.1 Å². The average Bonchev–Trinajstić information content (AvgIpc) is 2.43. The maximum absolute atomic E-state index is 11.7. The first-order valence-electron chi connectivity index (χ1n) is 4.31. The summed E-state index contributed by atoms with van der Waals surface area (Å²) >= 11 is 19.3. The van der Waals surface area contributed by atoms with Crippen molar-refractivity contribution in [2.24, 2.45) is 0 Å². The van der Waals surface area contributed by atoms with Crippen molar-refractivity contribution in [2.45, 2.75) is 17.4 Å². The van der Waals surface area contributed by atoms with Crippen LogP contribution in [0.15, 0.2) is 10.1 Å². The van der Waals surface area contributed by atoms with E-state index in [4.69, 9.17) is 39.5 Å². The number of ketones is 2. The zero-order valence-corrected chi connectivity index (χ0v) is 12.7. The number of rotatable bonds is 4. The van der Waals surface area contributed by atoms with Crippen molar-refractivity contribution in [1.29, 1.82) is 0 Å². The molecule has 0 aromatic carbocycles. The molecule has 1 rings (SSSR count). The van der Waals surface area contributed by atoms with Crippen LogP contribution in [0.3, 0.4) is 0 Å². The Balaban J connectivity index is 2.97. The Hall–Kier alpha value is 0.640. The highest BCUT2D eigenvalue weighted by Gasteiger charge is 2.53. The summed E-state index contributed by atoms with van der Waals surface area (Å²) in [5.41, 5.74) is 0. The van der Waals surface area contributed by atoms with Gasteiger partial charge in [0, 0.05) is 18.0 Å². The average molecular weight is 397 g/mol. The quantitative estimate of drug-likeness (QED) is 0.416. The summed E-state index contributed by atoms with van der Waals surface area (Å²) in [4.78, 5) is 21.8. The van der Waals surface area contributed by atoms with Crippen LogP contribution < -0.4 is 0 Å². The molecule has 90 valence electrons. The number of allylic oxidation sites excluding steroid dienone is 2. The van der Waals surface area contributed by atoms with Gasteiger partial charge in [-0.2, -0.15) is 0 Å². The Labute approximate surface area is 122 Å². The largest absolute Gasteiger partial charge is 0.381 e. The molecule has 0 bridgehead atoms. The van der Waals surface area contributed by atoms with E-state index in [1.54, 1.807) is 0 Å². The summed E-state index contributed by atoms with van der Waals surface area (Å²) in [5, 5.41) is -0.574. The third-order valence-corrected chi connectivity index (χ3v) is 4.62. The van der Waals surface area contributed by atoms with Crippen LogP contribution in [0, 0.1) is 0 Å². The smallest absolute Gasteiger partial charge is 0.204 e. The summed E-state index contributed by atoms with van der Waals surface area (Å²) < 4.78 is 5.70. The van der Waals surface area contributed by atoms with Gasteiger partial charge in [-0.25, -0.2) is 0 Å². The van der Waals surface area contributed by atoms with Crippen LogP contribution in [0.2, 0.25) is 0 Å². The number of alkyl halides is 2. The normalized spacial score (nSPS) is 21.8. The van der Waals surface area contributed by atoms with Crippen LogP contribution in [0.5, 0.6) is 0 Å². The molecule has 7 heteroatoms. The zero-order valence-electron chi connectivity index (χ0n) is 8.23. The molecule has 0 aromatic heterocycles. The topological polar surface area (TPSA) is 43.4 Å². The fraction of sp³-hybridized carbons (Fsp3) is 0.556. The summed E-state index contributed by atoms with van der Waals surface area (Å²) in [5.74, 6) is -1.28. The van der Waals surface area contributed by atoms with Gasteiger partial charge in [-0.3, -0.25) is 9.59 Å². The third-order valence-electron chi connectivity index (χ3n) is 2.33. The summed E-state index contributed by atoms with van der Waals surface area (Å²) in [6, 6.07) is 0. The van der Waals surface area contributed by atoms with E-state index in [0.29, 0.717) is 4.43 Å². The second-order valence-electron chi connectivity index (χ2n) is 3.30. The first kappa shape index (κ1) is 14.7. The van der Waals surface area contributed by atoms with Gasteiger partial charge in [-0.1, -0.05) is 45.8 Å². The molecule has 0 amide bonds. The lowest BCUT2D eigenvalue weighted by atomic mass is 9.96. The number of methoxy groups -OCH3 is 1. The summed E-state index contributed by atoms with van der Waals surface area (Å²) in [7, 11) is 1.49. The standard InChI is InChI=1S/C9H8Cl3IO3/c1-16-4(3-13)2-9(12)7(14)5(10)6(11)8(9)15/h4H,2-3H2,1H3/t4-/m1/s1. The van der Waals surface area contributed by atoms with Crippen molar-refractivity contribution >= 4 is 69.0 Å². The SMILES string of the molecule is CO[C@@H](CI)CC1(Cl)C(=O)C(Cl)=C(Cl)C1=O. The number of Topliss-reactive ketones (excluding diaryl/α,β-unsaturated/α-hetero) is 2. The molecule has 0 saturated heterocycles. The van der Waals surface area contributed by atoms with E-state index in [1.165, 1.54) is 7.11 Å². The van der Waals surface area contributed by atoms with E-state index in [0.717, 1.165) is 0 Å². The Morgan fingerprint density at radius 2 is 1.75 bits per heavy atom. The van der Waals surface area contributed by atoms with Crippen molar-refractivity contribution in [3.8, 4) is 0 Å². The predicted octanol–water partition coefficient (Wildman–Crippen LogP) is 2.65. The first-order chi connectivity index (χ1) is 7.38. The monoisotopic (exact) mass is 396 g/mol. The van der Waals surface area contributed by atoms with E-state index in [2.05, 4.69) is 22.6 Å². The molecule has 1 atom stereocenters. The van der Waals surface area contributed by atoms with Crippen LogP contribution in [0.1, 0.15) is 6.42 Å². The van der Waals surface area contributed by atoms with E-state index < -0.39 is 16.4 Å². The summed E-state index contributed by atoms with van der Waals surface area (Å²) in [6.07, 6.45) is -0.226. The molecule has 3 nitrogen and oxygen atoms in total. The molecule has 1 aliphatic rings. The fourth-order valence-electron chi connectivity index (χ4n) is 1.35. The highest BCUT2D eigenvalue weighted by atomic mass is 127. The van der Waals surface area contributed by atoms with Gasteiger partial charge in [0.25, 0.3) is 0 Å². The van der Waals surface area contributed by atoms with Gasteiger partial charge in [0.15, 0.2) is 4.87 Å². The second kappa shape index (κ2) is 5.52. The van der Waals surface area contributed by atoms with Gasteiger partial charge in [0.2, 0.25) is 11.6 Å².